The van der Waals surface area contributed by atoms with Gasteiger partial charge in [-0.15, -0.1) is 0 Å². The Morgan fingerprint density at radius 3 is 2.50 bits per heavy atom. The molecule has 0 radical (unpaired) electrons. The van der Waals surface area contributed by atoms with Gasteiger partial charge in [0, 0.05) is 20.1 Å². The van der Waals surface area contributed by atoms with Crippen molar-refractivity contribution in [1.82, 2.24) is 10.2 Å². The lowest BCUT2D eigenvalue weighted by Gasteiger charge is -1.88. The average Bonchev–Trinajstić information content (AvgIpc) is 2.74. The number of fused-ring (bicyclic) bond motifs is 1. The number of hydrogen-bond acceptors (Lipinski definition) is 3. The van der Waals surface area contributed by atoms with E-state index in [1.807, 2.05) is 0 Å². The maximum absolute atomic E-state index is 10.2. The van der Waals surface area contributed by atoms with Crippen LogP contribution in [0.2, 0.25) is 0 Å². The van der Waals surface area contributed by atoms with Gasteiger partial charge in [-0.1, -0.05) is 0 Å². The van der Waals surface area contributed by atoms with Crippen LogP contribution in [0.5, 0.6) is 0 Å². The van der Waals surface area contributed by atoms with E-state index < -0.39 is 6.03 Å². The molecule has 5 N–H and O–H groups in total. The highest BCUT2D eigenvalue weighted by Crippen LogP contribution is 2.22. The normalized spacial score (nSPS) is 26.6. The van der Waals surface area contributed by atoms with E-state index in [4.69, 9.17) is 16.2 Å². The van der Waals surface area contributed by atoms with Crippen molar-refractivity contribution in [1.29, 1.82) is 0 Å². The number of carbonyl (C=O) groups excluding carboxylic acids is 1. The molecule has 0 spiro atoms. The number of aliphatic imine (C=N–C) groups is 1. The number of amides is 2. The zero-order valence-electron chi connectivity index (χ0n) is 8.06. The largest absolute Gasteiger partial charge is 0.370 e. The second-order valence-corrected chi connectivity index (χ2v) is 2.91. The second kappa shape index (κ2) is 4.77. The van der Waals surface area contributed by atoms with Gasteiger partial charge < -0.3 is 21.5 Å². The van der Waals surface area contributed by atoms with E-state index in [0.29, 0.717) is 6.23 Å². The fraction of sp³-hybridized carbons (Fsp3) is 0.714. The van der Waals surface area contributed by atoms with Gasteiger partial charge in [0.2, 0.25) is 0 Å². The SMILES string of the molecule is C1CN2CC2O1.CNC(=O)N=C(N)N. The summed E-state index contributed by atoms with van der Waals surface area (Å²) in [4.78, 5) is 15.6. The number of urea groups is 1. The molecule has 2 aliphatic heterocycles. The van der Waals surface area contributed by atoms with Crippen LogP contribution in [0.15, 0.2) is 4.99 Å². The van der Waals surface area contributed by atoms with Crippen molar-refractivity contribution in [3.63, 3.8) is 0 Å². The zero-order valence-corrected chi connectivity index (χ0v) is 8.06. The molecule has 14 heavy (non-hydrogen) atoms. The van der Waals surface area contributed by atoms with Gasteiger partial charge in [-0.05, 0) is 0 Å². The molecule has 0 aromatic rings. The van der Waals surface area contributed by atoms with Gasteiger partial charge in [0.05, 0.1) is 6.61 Å². The summed E-state index contributed by atoms with van der Waals surface area (Å²) in [5.74, 6) is -0.232. The van der Waals surface area contributed by atoms with Crippen LogP contribution in [0.4, 0.5) is 4.79 Å². The van der Waals surface area contributed by atoms with Crippen LogP contribution in [-0.4, -0.2) is 49.9 Å². The third-order valence-electron chi connectivity index (χ3n) is 1.80. The zero-order chi connectivity index (χ0) is 10.6. The molecule has 0 aromatic heterocycles. The number of ether oxygens (including phenoxy) is 1. The smallest absolute Gasteiger partial charge is 0.343 e. The second-order valence-electron chi connectivity index (χ2n) is 2.91. The number of nitrogens with two attached hydrogens (primary N) is 2. The number of nitrogens with one attached hydrogen (secondary N) is 1. The predicted molar refractivity (Wildman–Crippen MR) is 51.6 cm³/mol. The van der Waals surface area contributed by atoms with Gasteiger partial charge >= 0.3 is 6.03 Å². The number of rotatable bonds is 0. The molecule has 2 rings (SSSR count). The minimum Gasteiger partial charge on any atom is -0.370 e. The summed E-state index contributed by atoms with van der Waals surface area (Å²) in [6.07, 6.45) is 0.546. The number of nitrogens with zero attached hydrogens (tertiary/aromatic N) is 2. The van der Waals surface area contributed by atoms with Crippen molar-refractivity contribution in [3.8, 4) is 0 Å². The van der Waals surface area contributed by atoms with Gasteiger partial charge in [0.1, 0.15) is 6.23 Å². The van der Waals surface area contributed by atoms with Crippen molar-refractivity contribution < 1.29 is 9.53 Å². The van der Waals surface area contributed by atoms with E-state index in [1.165, 1.54) is 20.1 Å². The Kier molecular flexibility index (Phi) is 3.66. The summed E-state index contributed by atoms with van der Waals surface area (Å²) in [6, 6.07) is -0.537. The molecule has 2 saturated heterocycles. The summed E-state index contributed by atoms with van der Waals surface area (Å²) < 4.78 is 5.15. The number of hydrogen-bond donors (Lipinski definition) is 3. The molecule has 0 aromatic carbocycles. The van der Waals surface area contributed by atoms with Crippen LogP contribution in [0, 0.1) is 0 Å². The quantitative estimate of drug-likeness (QED) is 0.245. The van der Waals surface area contributed by atoms with E-state index in [9.17, 15) is 4.79 Å². The van der Waals surface area contributed by atoms with Crippen LogP contribution in [-0.2, 0) is 4.74 Å². The highest BCUT2D eigenvalue weighted by Gasteiger charge is 2.39. The van der Waals surface area contributed by atoms with Crippen LogP contribution < -0.4 is 16.8 Å². The Labute approximate surface area is 82.1 Å². The number of morpholine rings is 1. The van der Waals surface area contributed by atoms with Gasteiger partial charge in [-0.25, -0.2) is 4.79 Å². The number of carbonyl (C=O) groups is 1. The molecular formula is C7H15N5O2. The van der Waals surface area contributed by atoms with Gasteiger partial charge in [0.25, 0.3) is 0 Å². The molecule has 2 unspecified atom stereocenters. The molecule has 7 nitrogen and oxygen atoms in total. The maximum atomic E-state index is 10.2. The monoisotopic (exact) mass is 201 g/mol. The van der Waals surface area contributed by atoms with Crippen LogP contribution >= 0.6 is 0 Å². The Morgan fingerprint density at radius 2 is 2.36 bits per heavy atom. The molecule has 2 fully saturated rings. The molecule has 80 valence electrons. The van der Waals surface area contributed by atoms with Crippen LogP contribution in [0.1, 0.15) is 0 Å². The van der Waals surface area contributed by atoms with Gasteiger partial charge in [-0.3, -0.25) is 4.90 Å². The van der Waals surface area contributed by atoms with Crippen molar-refractivity contribution in [2.75, 3.05) is 26.7 Å². The molecule has 0 bridgehead atoms. The van der Waals surface area contributed by atoms with E-state index in [-0.39, 0.29) is 5.96 Å². The average molecular weight is 201 g/mol. The lowest BCUT2D eigenvalue weighted by atomic mass is 10.7. The minimum atomic E-state index is -0.537. The van der Waals surface area contributed by atoms with Crippen molar-refractivity contribution in [3.05, 3.63) is 0 Å². The van der Waals surface area contributed by atoms with Crippen molar-refractivity contribution >= 4 is 12.0 Å². The lowest BCUT2D eigenvalue weighted by Crippen LogP contribution is -2.26. The first-order valence-electron chi connectivity index (χ1n) is 4.30. The van der Waals surface area contributed by atoms with E-state index in [0.717, 1.165) is 6.61 Å². The summed E-state index contributed by atoms with van der Waals surface area (Å²) in [7, 11) is 1.44. The Bertz CT molecular complexity index is 230. The van der Waals surface area contributed by atoms with Crippen LogP contribution in [0.3, 0.4) is 0 Å². The Hall–Kier alpha value is -1.34. The first kappa shape index (κ1) is 10.7. The fourth-order valence-corrected chi connectivity index (χ4v) is 1.03. The number of guanidine groups is 1. The molecule has 0 aliphatic carbocycles. The molecule has 2 atom stereocenters. The summed E-state index contributed by atoms with van der Waals surface area (Å²) in [5.41, 5.74) is 9.67. The third-order valence-corrected chi connectivity index (χ3v) is 1.80. The van der Waals surface area contributed by atoms with Gasteiger partial charge in [0.15, 0.2) is 5.96 Å². The topological polar surface area (TPSA) is 106 Å². The van der Waals surface area contributed by atoms with Gasteiger partial charge in [-0.2, -0.15) is 4.99 Å². The predicted octanol–water partition coefficient (Wildman–Crippen LogP) is -1.74. The standard InChI is InChI=1S/C4H7NO.C3H8N4O/c1-2-6-4-3-5(1)4;1-6-3(8)7-2(4)5/h4H,1-3H2;1H3,(H5,4,5,6,7,8). The van der Waals surface area contributed by atoms with E-state index in [1.54, 1.807) is 0 Å². The lowest BCUT2D eigenvalue weighted by molar-refractivity contribution is 0.159. The summed E-state index contributed by atoms with van der Waals surface area (Å²) in [6.45, 7) is 3.33. The highest BCUT2D eigenvalue weighted by atomic mass is 16.5. The minimum absolute atomic E-state index is 0.232. The van der Waals surface area contributed by atoms with E-state index >= 15 is 0 Å². The molecule has 2 amide bonds. The fourth-order valence-electron chi connectivity index (χ4n) is 1.03. The molecule has 2 aliphatic rings. The maximum Gasteiger partial charge on any atom is 0.343 e. The van der Waals surface area contributed by atoms with Crippen LogP contribution in [0.25, 0.3) is 0 Å². The third kappa shape index (κ3) is 3.58. The van der Waals surface area contributed by atoms with Crippen molar-refractivity contribution in [2.45, 2.75) is 6.23 Å². The van der Waals surface area contributed by atoms with E-state index in [2.05, 4.69) is 15.2 Å². The molecular weight excluding hydrogens is 186 g/mol. The summed E-state index contributed by atoms with van der Waals surface area (Å²) in [5, 5.41) is 2.21. The Morgan fingerprint density at radius 1 is 1.64 bits per heavy atom. The Balaban J connectivity index is 0.000000143. The molecule has 0 saturated carbocycles. The summed E-state index contributed by atoms with van der Waals surface area (Å²) >= 11 is 0. The van der Waals surface area contributed by atoms with Crippen molar-refractivity contribution in [2.24, 2.45) is 16.5 Å². The molecule has 2 heterocycles. The first-order valence-corrected chi connectivity index (χ1v) is 4.30. The highest BCUT2D eigenvalue weighted by molar-refractivity contribution is 5.90. The first-order chi connectivity index (χ1) is 6.63. The molecule has 7 heteroatoms.